The molecule has 1 saturated heterocycles. The Bertz CT molecular complexity index is 993. The lowest BCUT2D eigenvalue weighted by molar-refractivity contribution is -0.118. The minimum absolute atomic E-state index is 0.0221. The number of imidazole rings is 1. The summed E-state index contributed by atoms with van der Waals surface area (Å²) in [6, 6.07) is 10.6. The molecule has 3 N–H and O–H groups in total. The van der Waals surface area contributed by atoms with E-state index in [1.807, 2.05) is 28.9 Å². The molecule has 0 saturated carbocycles. The van der Waals surface area contributed by atoms with Crippen LogP contribution in [-0.4, -0.2) is 34.0 Å². The Hall–Kier alpha value is -3.39. The molecule has 8 heteroatoms. The number of urea groups is 1. The quantitative estimate of drug-likeness (QED) is 0.599. The maximum atomic E-state index is 12.1. The second-order valence-corrected chi connectivity index (χ2v) is 7.00. The molecule has 1 unspecified atom stereocenters. The van der Waals surface area contributed by atoms with E-state index in [2.05, 4.69) is 20.9 Å². The number of nitrogens with one attached hydrogen (secondary N) is 3. The number of anilines is 2. The van der Waals surface area contributed by atoms with Gasteiger partial charge in [0.2, 0.25) is 5.91 Å². The van der Waals surface area contributed by atoms with Crippen molar-refractivity contribution in [3.05, 3.63) is 60.6 Å². The van der Waals surface area contributed by atoms with Crippen LogP contribution in [0.1, 0.15) is 24.8 Å². The molecule has 3 aromatic rings. The van der Waals surface area contributed by atoms with Crippen molar-refractivity contribution in [1.29, 1.82) is 0 Å². The van der Waals surface area contributed by atoms with Gasteiger partial charge in [0.05, 0.1) is 12.5 Å². The summed E-state index contributed by atoms with van der Waals surface area (Å²) >= 11 is 0. The third kappa shape index (κ3) is 5.11. The Morgan fingerprint density at radius 2 is 1.90 bits per heavy atom. The molecule has 2 aromatic heterocycles. The van der Waals surface area contributed by atoms with Gasteiger partial charge in [-0.15, -0.1) is 0 Å². The molecule has 29 heavy (non-hydrogen) atoms. The number of hydrogen-bond donors (Lipinski definition) is 3. The van der Waals surface area contributed by atoms with Crippen molar-refractivity contribution >= 4 is 29.0 Å². The summed E-state index contributed by atoms with van der Waals surface area (Å²) < 4.78 is 7.38. The van der Waals surface area contributed by atoms with Crippen LogP contribution in [-0.2, 0) is 16.1 Å². The molecule has 0 radical (unpaired) electrons. The molecule has 1 aliphatic heterocycles. The monoisotopic (exact) mass is 393 g/mol. The van der Waals surface area contributed by atoms with Crippen LogP contribution < -0.4 is 16.0 Å². The first-order valence-electron chi connectivity index (χ1n) is 9.64. The molecule has 1 fully saturated rings. The molecule has 0 spiro atoms. The third-order valence-corrected chi connectivity index (χ3v) is 4.78. The predicted octanol–water partition coefficient (Wildman–Crippen LogP) is 3.16. The van der Waals surface area contributed by atoms with Crippen LogP contribution in [0, 0.1) is 0 Å². The van der Waals surface area contributed by atoms with Crippen LogP contribution in [0.2, 0.25) is 0 Å². The number of nitrogens with zero attached hydrogens (tertiary/aromatic N) is 2. The summed E-state index contributed by atoms with van der Waals surface area (Å²) in [5.41, 5.74) is 3.13. The number of ether oxygens (including phenoxy) is 1. The van der Waals surface area contributed by atoms with Crippen molar-refractivity contribution < 1.29 is 14.3 Å². The number of benzene rings is 1. The summed E-state index contributed by atoms with van der Waals surface area (Å²) in [6.45, 7) is 1.13. The highest BCUT2D eigenvalue weighted by Crippen LogP contribution is 2.18. The number of fused-ring (bicyclic) bond motifs is 1. The lowest BCUT2D eigenvalue weighted by atomic mass is 10.1. The van der Waals surface area contributed by atoms with Gasteiger partial charge in [-0.25, -0.2) is 9.78 Å². The first-order valence-corrected chi connectivity index (χ1v) is 9.64. The fraction of sp³-hybridized carbons (Fsp3) is 0.286. The van der Waals surface area contributed by atoms with E-state index >= 15 is 0 Å². The minimum atomic E-state index is -0.302. The normalized spacial score (nSPS) is 15.9. The topological polar surface area (TPSA) is 96.8 Å². The molecule has 4 rings (SSSR count). The fourth-order valence-electron chi connectivity index (χ4n) is 3.28. The van der Waals surface area contributed by atoms with Gasteiger partial charge in [-0.1, -0.05) is 0 Å². The van der Waals surface area contributed by atoms with Crippen LogP contribution >= 0.6 is 0 Å². The van der Waals surface area contributed by atoms with E-state index in [4.69, 9.17) is 4.74 Å². The molecule has 3 amide bonds. The number of carbonyl (C=O) groups is 2. The second kappa shape index (κ2) is 8.74. The van der Waals surface area contributed by atoms with Gasteiger partial charge in [0, 0.05) is 43.1 Å². The molecule has 1 atom stereocenters. The molecule has 0 bridgehead atoms. The van der Waals surface area contributed by atoms with E-state index in [9.17, 15) is 9.59 Å². The van der Waals surface area contributed by atoms with E-state index < -0.39 is 0 Å². The van der Waals surface area contributed by atoms with Crippen molar-refractivity contribution in [2.24, 2.45) is 0 Å². The first-order chi connectivity index (χ1) is 14.2. The summed E-state index contributed by atoms with van der Waals surface area (Å²) in [4.78, 5) is 28.4. The van der Waals surface area contributed by atoms with E-state index in [1.54, 1.807) is 30.5 Å². The number of rotatable bonds is 6. The van der Waals surface area contributed by atoms with Gasteiger partial charge in [0.1, 0.15) is 5.65 Å². The zero-order valence-electron chi connectivity index (χ0n) is 15.9. The maximum Gasteiger partial charge on any atom is 0.319 e. The summed E-state index contributed by atoms with van der Waals surface area (Å²) in [7, 11) is 0. The van der Waals surface area contributed by atoms with Gasteiger partial charge >= 0.3 is 6.03 Å². The van der Waals surface area contributed by atoms with Crippen LogP contribution in [0.3, 0.4) is 0 Å². The van der Waals surface area contributed by atoms with E-state index in [-0.39, 0.29) is 18.0 Å². The van der Waals surface area contributed by atoms with Gasteiger partial charge in [0.15, 0.2) is 0 Å². The zero-order valence-corrected chi connectivity index (χ0v) is 15.9. The second-order valence-electron chi connectivity index (χ2n) is 7.00. The van der Waals surface area contributed by atoms with Crippen LogP contribution in [0.4, 0.5) is 16.2 Å². The van der Waals surface area contributed by atoms with E-state index in [0.29, 0.717) is 24.3 Å². The number of pyridine rings is 1. The van der Waals surface area contributed by atoms with E-state index in [1.165, 1.54) is 0 Å². The highest BCUT2D eigenvalue weighted by molar-refractivity contribution is 5.92. The Morgan fingerprint density at radius 1 is 1.10 bits per heavy atom. The Balaban J connectivity index is 1.24. The Kier molecular flexibility index (Phi) is 5.71. The molecular formula is C21H23N5O3. The number of amides is 3. The minimum Gasteiger partial charge on any atom is -0.378 e. The molecule has 1 aliphatic rings. The van der Waals surface area contributed by atoms with Crippen molar-refractivity contribution in [3.8, 4) is 0 Å². The van der Waals surface area contributed by atoms with Gasteiger partial charge in [0.25, 0.3) is 0 Å². The molecule has 8 nitrogen and oxygen atoms in total. The predicted molar refractivity (Wildman–Crippen MR) is 110 cm³/mol. The van der Waals surface area contributed by atoms with Crippen molar-refractivity contribution in [2.45, 2.75) is 31.9 Å². The molecular weight excluding hydrogens is 370 g/mol. The van der Waals surface area contributed by atoms with Crippen molar-refractivity contribution in [3.63, 3.8) is 0 Å². The van der Waals surface area contributed by atoms with E-state index in [0.717, 1.165) is 30.7 Å². The molecule has 3 heterocycles. The number of aromatic nitrogens is 2. The number of hydrogen-bond acceptors (Lipinski definition) is 4. The first kappa shape index (κ1) is 18.9. The smallest absolute Gasteiger partial charge is 0.319 e. The zero-order chi connectivity index (χ0) is 20.1. The maximum absolute atomic E-state index is 12.1. The van der Waals surface area contributed by atoms with Crippen LogP contribution in [0.25, 0.3) is 5.65 Å². The summed E-state index contributed by atoms with van der Waals surface area (Å²) in [5.74, 6) is -0.0650. The summed E-state index contributed by atoms with van der Waals surface area (Å²) in [5, 5.41) is 8.45. The average molecular weight is 393 g/mol. The van der Waals surface area contributed by atoms with Crippen molar-refractivity contribution in [1.82, 2.24) is 14.7 Å². The van der Waals surface area contributed by atoms with Crippen molar-refractivity contribution in [2.75, 3.05) is 17.2 Å². The SMILES string of the molecule is O=C(CC1CCCO1)Nc1ccc(NC(=O)NCc2ccn3ccnc3c2)cc1. The molecule has 1 aromatic carbocycles. The highest BCUT2D eigenvalue weighted by Gasteiger charge is 2.19. The Labute approximate surface area is 168 Å². The van der Waals surface area contributed by atoms with Gasteiger partial charge in [-0.05, 0) is 54.8 Å². The van der Waals surface area contributed by atoms with Gasteiger partial charge in [-0.3, -0.25) is 4.79 Å². The third-order valence-electron chi connectivity index (χ3n) is 4.78. The van der Waals surface area contributed by atoms with Gasteiger partial charge in [-0.2, -0.15) is 0 Å². The molecule has 150 valence electrons. The van der Waals surface area contributed by atoms with Crippen LogP contribution in [0.15, 0.2) is 55.0 Å². The lowest BCUT2D eigenvalue weighted by Gasteiger charge is -2.11. The largest absolute Gasteiger partial charge is 0.378 e. The number of carbonyl (C=O) groups excluding carboxylic acids is 2. The highest BCUT2D eigenvalue weighted by atomic mass is 16.5. The van der Waals surface area contributed by atoms with Gasteiger partial charge < -0.3 is 25.1 Å². The molecule has 0 aliphatic carbocycles. The average Bonchev–Trinajstić information content (AvgIpc) is 3.39. The van der Waals surface area contributed by atoms with Crippen LogP contribution in [0.5, 0.6) is 0 Å². The lowest BCUT2D eigenvalue weighted by Crippen LogP contribution is -2.28. The summed E-state index contributed by atoms with van der Waals surface area (Å²) in [6.07, 6.45) is 7.84. The standard InChI is InChI=1S/C21H23N5O3/c27-20(13-18-2-1-11-29-18)24-16-3-5-17(6-4-16)25-21(28)23-14-15-7-9-26-10-8-22-19(26)12-15/h3-10,12,18H,1-2,11,13-14H2,(H,24,27)(H2,23,25,28). The fourth-order valence-corrected chi connectivity index (χ4v) is 3.28. The Morgan fingerprint density at radius 3 is 2.66 bits per heavy atom.